The number of thiol groups is 1. The number of nitrogens with zero attached hydrogens (tertiary/aromatic N) is 2. The molecule has 0 saturated carbocycles. The first-order valence-corrected chi connectivity index (χ1v) is 5.21. The van der Waals surface area contributed by atoms with Crippen LogP contribution >= 0.6 is 12.6 Å². The fourth-order valence-electron chi connectivity index (χ4n) is 1.65. The van der Waals surface area contributed by atoms with Gasteiger partial charge in [0.2, 0.25) is 5.91 Å². The second kappa shape index (κ2) is 4.04. The van der Waals surface area contributed by atoms with Gasteiger partial charge in [0, 0.05) is 43.1 Å². The van der Waals surface area contributed by atoms with Gasteiger partial charge in [-0.05, 0) is 6.07 Å². The van der Waals surface area contributed by atoms with Gasteiger partial charge < -0.3 is 4.90 Å². The molecule has 1 unspecified atom stereocenters. The molecule has 0 spiro atoms. The van der Waals surface area contributed by atoms with Crippen molar-refractivity contribution < 1.29 is 4.79 Å². The Hall–Kier alpha value is -0.970. The highest BCUT2D eigenvalue weighted by Crippen LogP contribution is 2.15. The molecule has 4 nitrogen and oxygen atoms in total. The maximum atomic E-state index is 11.4. The van der Waals surface area contributed by atoms with Gasteiger partial charge in [-0.3, -0.25) is 9.89 Å². The maximum absolute atomic E-state index is 11.4. The zero-order valence-corrected chi connectivity index (χ0v) is 8.70. The van der Waals surface area contributed by atoms with E-state index in [0.717, 1.165) is 25.2 Å². The van der Waals surface area contributed by atoms with Crippen LogP contribution in [-0.2, 0) is 11.2 Å². The minimum atomic E-state index is 0.212. The van der Waals surface area contributed by atoms with Crippen molar-refractivity contribution in [3.63, 3.8) is 0 Å². The molecule has 1 aromatic heterocycles. The first-order chi connectivity index (χ1) is 6.75. The number of aromatic amines is 1. The van der Waals surface area contributed by atoms with Gasteiger partial charge in [-0.2, -0.15) is 17.7 Å². The summed E-state index contributed by atoms with van der Waals surface area (Å²) >= 11 is 4.30. The van der Waals surface area contributed by atoms with Crippen molar-refractivity contribution in [2.45, 2.75) is 18.1 Å². The lowest BCUT2D eigenvalue weighted by molar-refractivity contribution is -0.127. The predicted molar refractivity (Wildman–Crippen MR) is 56.3 cm³/mol. The lowest BCUT2D eigenvalue weighted by atomic mass is 10.3. The van der Waals surface area contributed by atoms with Crippen LogP contribution in [0.2, 0.25) is 0 Å². The Morgan fingerprint density at radius 3 is 3.14 bits per heavy atom. The Morgan fingerprint density at radius 2 is 2.57 bits per heavy atom. The van der Waals surface area contributed by atoms with Crippen LogP contribution in [0.3, 0.4) is 0 Å². The molecule has 0 bridgehead atoms. The molecule has 1 atom stereocenters. The number of likely N-dealkylation sites (tertiary alicyclic amines) is 1. The monoisotopic (exact) mass is 211 g/mol. The summed E-state index contributed by atoms with van der Waals surface area (Å²) in [4.78, 5) is 13.3. The summed E-state index contributed by atoms with van der Waals surface area (Å²) in [6.07, 6.45) is 3.14. The number of nitrogens with one attached hydrogen (secondary N) is 1. The third-order valence-electron chi connectivity index (χ3n) is 2.40. The SMILES string of the molecule is O=C1CC(S)CN1CCc1ccn[nH]1. The highest BCUT2D eigenvalue weighted by Gasteiger charge is 2.26. The Kier molecular flexibility index (Phi) is 2.77. The Balaban J connectivity index is 1.84. The van der Waals surface area contributed by atoms with Crippen LogP contribution in [0.25, 0.3) is 0 Å². The van der Waals surface area contributed by atoms with E-state index in [-0.39, 0.29) is 11.2 Å². The largest absolute Gasteiger partial charge is 0.341 e. The van der Waals surface area contributed by atoms with Gasteiger partial charge in [-0.1, -0.05) is 0 Å². The molecule has 76 valence electrons. The van der Waals surface area contributed by atoms with Crippen LogP contribution in [0.1, 0.15) is 12.1 Å². The number of carbonyl (C=O) groups is 1. The van der Waals surface area contributed by atoms with E-state index < -0.39 is 0 Å². The first-order valence-electron chi connectivity index (χ1n) is 4.70. The number of rotatable bonds is 3. The predicted octanol–water partition coefficient (Wildman–Crippen LogP) is 0.483. The average Bonchev–Trinajstić information content (AvgIpc) is 2.72. The van der Waals surface area contributed by atoms with Crippen LogP contribution in [0.5, 0.6) is 0 Å². The molecule has 0 aromatic carbocycles. The lowest BCUT2D eigenvalue weighted by Crippen LogP contribution is -2.27. The molecule has 1 aromatic rings. The Morgan fingerprint density at radius 1 is 1.71 bits per heavy atom. The van der Waals surface area contributed by atoms with Crippen molar-refractivity contribution in [1.29, 1.82) is 0 Å². The van der Waals surface area contributed by atoms with Crippen molar-refractivity contribution in [2.75, 3.05) is 13.1 Å². The third kappa shape index (κ3) is 2.09. The van der Waals surface area contributed by atoms with Crippen molar-refractivity contribution >= 4 is 18.5 Å². The molecule has 14 heavy (non-hydrogen) atoms. The van der Waals surface area contributed by atoms with Crippen molar-refractivity contribution in [3.05, 3.63) is 18.0 Å². The topological polar surface area (TPSA) is 49.0 Å². The zero-order valence-electron chi connectivity index (χ0n) is 7.81. The molecular formula is C9H13N3OS. The summed E-state index contributed by atoms with van der Waals surface area (Å²) in [5, 5.41) is 6.95. The normalized spacial score (nSPS) is 21.9. The van der Waals surface area contributed by atoms with E-state index in [0.29, 0.717) is 6.42 Å². The van der Waals surface area contributed by atoms with Gasteiger partial charge in [0.15, 0.2) is 0 Å². The molecule has 0 radical (unpaired) electrons. The summed E-state index contributed by atoms with van der Waals surface area (Å²) < 4.78 is 0. The van der Waals surface area contributed by atoms with Gasteiger partial charge in [-0.15, -0.1) is 0 Å². The Bertz CT molecular complexity index is 312. The van der Waals surface area contributed by atoms with E-state index in [1.807, 2.05) is 11.0 Å². The van der Waals surface area contributed by atoms with Crippen LogP contribution in [-0.4, -0.2) is 39.3 Å². The van der Waals surface area contributed by atoms with E-state index >= 15 is 0 Å². The molecular weight excluding hydrogens is 198 g/mol. The number of hydrogen-bond donors (Lipinski definition) is 2. The van der Waals surface area contributed by atoms with E-state index in [1.165, 1.54) is 0 Å². The summed E-state index contributed by atoms with van der Waals surface area (Å²) in [7, 11) is 0. The van der Waals surface area contributed by atoms with E-state index in [2.05, 4.69) is 22.8 Å². The van der Waals surface area contributed by atoms with E-state index in [9.17, 15) is 4.79 Å². The molecule has 1 N–H and O–H groups in total. The molecule has 1 aliphatic rings. The smallest absolute Gasteiger partial charge is 0.223 e. The van der Waals surface area contributed by atoms with Crippen molar-refractivity contribution in [1.82, 2.24) is 15.1 Å². The van der Waals surface area contributed by atoms with Crippen LogP contribution in [0, 0.1) is 0 Å². The highest BCUT2D eigenvalue weighted by molar-refractivity contribution is 7.81. The molecule has 5 heteroatoms. The molecule has 1 saturated heterocycles. The second-order valence-corrected chi connectivity index (χ2v) is 4.26. The molecule has 0 aliphatic carbocycles. The average molecular weight is 211 g/mol. The molecule has 1 aliphatic heterocycles. The molecule has 2 heterocycles. The highest BCUT2D eigenvalue weighted by atomic mass is 32.1. The zero-order chi connectivity index (χ0) is 9.97. The van der Waals surface area contributed by atoms with Gasteiger partial charge in [0.05, 0.1) is 0 Å². The summed E-state index contributed by atoms with van der Waals surface area (Å²) in [5.41, 5.74) is 1.07. The molecule has 1 fully saturated rings. The maximum Gasteiger partial charge on any atom is 0.223 e. The minimum Gasteiger partial charge on any atom is -0.341 e. The lowest BCUT2D eigenvalue weighted by Gasteiger charge is -2.14. The number of aromatic nitrogens is 2. The summed E-state index contributed by atoms with van der Waals surface area (Å²) in [5.74, 6) is 0.213. The fourth-order valence-corrected chi connectivity index (χ4v) is 2.00. The van der Waals surface area contributed by atoms with E-state index in [4.69, 9.17) is 0 Å². The fraction of sp³-hybridized carbons (Fsp3) is 0.556. The van der Waals surface area contributed by atoms with Gasteiger partial charge in [-0.25, -0.2) is 0 Å². The summed E-state index contributed by atoms with van der Waals surface area (Å²) in [6.45, 7) is 1.54. The van der Waals surface area contributed by atoms with E-state index in [1.54, 1.807) is 6.20 Å². The number of H-pyrrole nitrogens is 1. The van der Waals surface area contributed by atoms with Crippen LogP contribution < -0.4 is 0 Å². The van der Waals surface area contributed by atoms with Crippen LogP contribution in [0.15, 0.2) is 12.3 Å². The first kappa shape index (κ1) is 9.58. The van der Waals surface area contributed by atoms with Gasteiger partial charge in [0.25, 0.3) is 0 Å². The van der Waals surface area contributed by atoms with Crippen molar-refractivity contribution in [2.24, 2.45) is 0 Å². The summed E-state index contributed by atoms with van der Waals surface area (Å²) in [6, 6.07) is 1.93. The standard InChI is InChI=1S/C9H13N3OS/c13-9-5-8(14)6-12(9)4-2-7-1-3-10-11-7/h1,3,8,14H,2,4-6H2,(H,10,11). The van der Waals surface area contributed by atoms with Crippen LogP contribution in [0.4, 0.5) is 0 Å². The minimum absolute atomic E-state index is 0.212. The molecule has 1 amide bonds. The number of amides is 1. The quantitative estimate of drug-likeness (QED) is 0.715. The second-order valence-electron chi connectivity index (χ2n) is 3.53. The third-order valence-corrected chi connectivity index (χ3v) is 2.75. The van der Waals surface area contributed by atoms with Gasteiger partial charge >= 0.3 is 0 Å². The Labute approximate surface area is 88.1 Å². The molecule has 2 rings (SSSR count). The number of hydrogen-bond acceptors (Lipinski definition) is 3. The van der Waals surface area contributed by atoms with Crippen molar-refractivity contribution in [3.8, 4) is 0 Å². The number of carbonyl (C=O) groups excluding carboxylic acids is 1. The van der Waals surface area contributed by atoms with Gasteiger partial charge in [0.1, 0.15) is 0 Å².